The lowest BCUT2D eigenvalue weighted by molar-refractivity contribution is -0.119. The number of nitrogens with one attached hydrogen (secondary N) is 1. The highest BCUT2D eigenvalue weighted by Crippen LogP contribution is 2.12. The van der Waals surface area contributed by atoms with Crippen molar-refractivity contribution in [2.24, 2.45) is 5.73 Å². The van der Waals surface area contributed by atoms with E-state index < -0.39 is 49.1 Å². The Bertz CT molecular complexity index is 1010. The average Bonchev–Trinajstić information content (AvgIpc) is 2.69. The number of hydrogen-bond donors (Lipinski definition) is 4. The van der Waals surface area contributed by atoms with E-state index in [9.17, 15) is 23.2 Å². The van der Waals surface area contributed by atoms with Crippen LogP contribution in [0.2, 0.25) is 0 Å². The molecule has 0 saturated carbocycles. The van der Waals surface area contributed by atoms with Gasteiger partial charge in [-0.1, -0.05) is 17.6 Å². The summed E-state index contributed by atoms with van der Waals surface area (Å²) in [6.07, 6.45) is 0. The first-order valence-corrected chi connectivity index (χ1v) is 9.09. The molecule has 2 aromatic rings. The minimum atomic E-state index is -1.89. The zero-order valence-electron chi connectivity index (χ0n) is 16.5. The van der Waals surface area contributed by atoms with Gasteiger partial charge in [0.25, 0.3) is 11.8 Å². The Kier molecular flexibility index (Phi) is 7.89. The number of rotatable bonds is 8. The highest BCUT2D eigenvalue weighted by molar-refractivity contribution is 6.58. The van der Waals surface area contributed by atoms with Gasteiger partial charge in [0.2, 0.25) is 5.91 Å². The number of carbonyl (C=O) groups excluding carboxylic acids is 3. The second-order valence-electron chi connectivity index (χ2n) is 6.81. The Morgan fingerprint density at radius 1 is 1.13 bits per heavy atom. The number of primary amides is 1. The van der Waals surface area contributed by atoms with E-state index in [1.165, 1.54) is 25.1 Å². The molecule has 8 nitrogen and oxygen atoms in total. The predicted molar refractivity (Wildman–Crippen MR) is 110 cm³/mol. The summed E-state index contributed by atoms with van der Waals surface area (Å²) in [6.45, 7) is 0.729. The maximum absolute atomic E-state index is 14.1. The van der Waals surface area contributed by atoms with Crippen molar-refractivity contribution in [2.45, 2.75) is 13.0 Å². The molecular formula is C19H19B2F2N3O5. The van der Waals surface area contributed by atoms with Crippen LogP contribution in [0.1, 0.15) is 27.6 Å². The van der Waals surface area contributed by atoms with Crippen molar-refractivity contribution in [3.63, 3.8) is 0 Å². The van der Waals surface area contributed by atoms with Gasteiger partial charge >= 0.3 is 7.12 Å². The van der Waals surface area contributed by atoms with Crippen LogP contribution in [-0.2, 0) is 4.79 Å². The van der Waals surface area contributed by atoms with Gasteiger partial charge in [0, 0.05) is 12.6 Å². The number of hydrogen-bond acceptors (Lipinski definition) is 5. The van der Waals surface area contributed by atoms with E-state index in [4.69, 9.17) is 23.6 Å². The van der Waals surface area contributed by atoms with Crippen molar-refractivity contribution < 1.29 is 33.2 Å². The van der Waals surface area contributed by atoms with Gasteiger partial charge in [0.1, 0.15) is 19.5 Å². The zero-order chi connectivity index (χ0) is 23.3. The molecule has 5 N–H and O–H groups in total. The van der Waals surface area contributed by atoms with Crippen molar-refractivity contribution in [1.82, 2.24) is 10.2 Å². The smallest absolute Gasteiger partial charge is 0.423 e. The van der Waals surface area contributed by atoms with E-state index in [1.807, 2.05) is 0 Å². The summed E-state index contributed by atoms with van der Waals surface area (Å²) in [6, 6.07) is 5.66. The number of carbonyl (C=O) groups is 3. The molecule has 3 amide bonds. The summed E-state index contributed by atoms with van der Waals surface area (Å²) in [5.41, 5.74) is 4.46. The second-order valence-corrected chi connectivity index (χ2v) is 6.81. The standard InChI is InChI=1S/C19H19B2F2N3O5/c1-10(8-25-18(28)13-5-3-12(21(30)31)7-16(13)23)26(9-17(24)27)19(29)14-4-2-11(20)6-15(14)22/h2-7,10,30-31H,8-9H2,1H3,(H2,24,27)(H,25,28)/t10-/m1/s1. The zero-order valence-corrected chi connectivity index (χ0v) is 16.5. The molecule has 31 heavy (non-hydrogen) atoms. The lowest BCUT2D eigenvalue weighted by Gasteiger charge is -2.28. The summed E-state index contributed by atoms with van der Waals surface area (Å²) in [4.78, 5) is 37.4. The first-order chi connectivity index (χ1) is 14.5. The van der Waals surface area contributed by atoms with Crippen LogP contribution >= 0.6 is 0 Å². The molecule has 0 heterocycles. The van der Waals surface area contributed by atoms with Gasteiger partial charge in [-0.2, -0.15) is 0 Å². The van der Waals surface area contributed by atoms with Gasteiger partial charge in [0.05, 0.1) is 17.7 Å². The lowest BCUT2D eigenvalue weighted by Crippen LogP contribution is -2.49. The van der Waals surface area contributed by atoms with Gasteiger partial charge < -0.3 is 26.0 Å². The largest absolute Gasteiger partial charge is 0.488 e. The molecule has 0 aliphatic rings. The van der Waals surface area contributed by atoms with Crippen LogP contribution in [0.25, 0.3) is 0 Å². The summed E-state index contributed by atoms with van der Waals surface area (Å²) in [5.74, 6) is -4.40. The molecule has 12 heteroatoms. The summed E-state index contributed by atoms with van der Waals surface area (Å²) in [5, 5.41) is 20.5. The van der Waals surface area contributed by atoms with Crippen LogP contribution in [-0.4, -0.2) is 66.8 Å². The third-order valence-electron chi connectivity index (χ3n) is 4.44. The van der Waals surface area contributed by atoms with Crippen LogP contribution < -0.4 is 22.0 Å². The molecule has 0 aromatic heterocycles. The normalized spacial score (nSPS) is 11.5. The number of halogens is 2. The first kappa shape index (κ1) is 24.0. The molecule has 0 spiro atoms. The van der Waals surface area contributed by atoms with E-state index in [0.29, 0.717) is 0 Å². The van der Waals surface area contributed by atoms with Crippen LogP contribution in [0.4, 0.5) is 8.78 Å². The Morgan fingerprint density at radius 2 is 1.74 bits per heavy atom. The molecule has 2 rings (SSSR count). The molecule has 0 saturated heterocycles. The molecular weight excluding hydrogens is 410 g/mol. The van der Waals surface area contributed by atoms with E-state index in [1.54, 1.807) is 0 Å². The molecule has 0 bridgehead atoms. The van der Waals surface area contributed by atoms with Crippen LogP contribution in [0.3, 0.4) is 0 Å². The van der Waals surface area contributed by atoms with Crippen molar-refractivity contribution in [1.29, 1.82) is 0 Å². The summed E-state index contributed by atoms with van der Waals surface area (Å²) in [7, 11) is 3.58. The molecule has 0 unspecified atom stereocenters. The second kappa shape index (κ2) is 10.2. The van der Waals surface area contributed by atoms with Crippen LogP contribution in [0.15, 0.2) is 36.4 Å². The summed E-state index contributed by atoms with van der Waals surface area (Å²) < 4.78 is 28.2. The monoisotopic (exact) mass is 429 g/mol. The Hall–Kier alpha value is -3.24. The quantitative estimate of drug-likeness (QED) is 0.367. The average molecular weight is 429 g/mol. The van der Waals surface area contributed by atoms with Crippen molar-refractivity contribution in [3.05, 3.63) is 59.2 Å². The third kappa shape index (κ3) is 6.12. The maximum Gasteiger partial charge on any atom is 0.488 e. The van der Waals surface area contributed by atoms with E-state index >= 15 is 0 Å². The molecule has 2 aromatic carbocycles. The Balaban J connectivity index is 2.15. The van der Waals surface area contributed by atoms with Gasteiger partial charge in [0.15, 0.2) is 0 Å². The van der Waals surface area contributed by atoms with Crippen molar-refractivity contribution in [2.75, 3.05) is 13.1 Å². The SMILES string of the molecule is [B]c1ccc(C(=O)N(CC(N)=O)[C@H](C)CNC(=O)c2ccc(B(O)O)cc2F)c(F)c1. The van der Waals surface area contributed by atoms with Crippen molar-refractivity contribution >= 4 is 43.6 Å². The molecule has 2 radical (unpaired) electrons. The van der Waals surface area contributed by atoms with Gasteiger partial charge in [-0.25, -0.2) is 8.78 Å². The first-order valence-electron chi connectivity index (χ1n) is 9.09. The molecule has 0 aliphatic carbocycles. The Morgan fingerprint density at radius 3 is 2.29 bits per heavy atom. The van der Waals surface area contributed by atoms with Crippen LogP contribution in [0.5, 0.6) is 0 Å². The fraction of sp³-hybridized carbons (Fsp3) is 0.211. The van der Waals surface area contributed by atoms with E-state index in [2.05, 4.69) is 5.32 Å². The highest BCUT2D eigenvalue weighted by atomic mass is 19.1. The number of benzene rings is 2. The molecule has 0 fully saturated rings. The lowest BCUT2D eigenvalue weighted by atomic mass is 9.80. The van der Waals surface area contributed by atoms with Crippen molar-refractivity contribution in [3.8, 4) is 0 Å². The Labute approximate surface area is 178 Å². The maximum atomic E-state index is 14.1. The van der Waals surface area contributed by atoms with Gasteiger partial charge in [-0.05, 0) is 36.7 Å². The minimum Gasteiger partial charge on any atom is -0.423 e. The predicted octanol–water partition coefficient (Wildman–Crippen LogP) is -1.82. The number of amides is 3. The van der Waals surface area contributed by atoms with E-state index in [0.717, 1.165) is 23.1 Å². The fourth-order valence-electron chi connectivity index (χ4n) is 2.78. The highest BCUT2D eigenvalue weighted by Gasteiger charge is 2.26. The topological polar surface area (TPSA) is 133 Å². The molecule has 0 aliphatic heterocycles. The number of nitrogens with two attached hydrogens (primary N) is 1. The molecule has 1 atom stereocenters. The third-order valence-corrected chi connectivity index (χ3v) is 4.44. The van der Waals surface area contributed by atoms with Gasteiger partial charge in [-0.3, -0.25) is 14.4 Å². The van der Waals surface area contributed by atoms with Crippen LogP contribution in [0, 0.1) is 11.6 Å². The molecule has 160 valence electrons. The van der Waals surface area contributed by atoms with Gasteiger partial charge in [-0.15, -0.1) is 0 Å². The minimum absolute atomic E-state index is 0.109. The summed E-state index contributed by atoms with van der Waals surface area (Å²) >= 11 is 0. The van der Waals surface area contributed by atoms with E-state index in [-0.39, 0.29) is 28.6 Å². The number of nitrogens with zero attached hydrogens (tertiary/aromatic N) is 1. The fourth-order valence-corrected chi connectivity index (χ4v) is 2.78.